The summed E-state index contributed by atoms with van der Waals surface area (Å²) in [7, 11) is 0. The molecule has 3 nitrogen and oxygen atoms in total. The summed E-state index contributed by atoms with van der Waals surface area (Å²) in [4.78, 5) is 4.43. The lowest BCUT2D eigenvalue weighted by molar-refractivity contribution is 0.996. The molecule has 0 bridgehead atoms. The van der Waals surface area contributed by atoms with Gasteiger partial charge >= 0.3 is 0 Å². The molecule has 38 heavy (non-hydrogen) atoms. The Hall–Kier alpha value is -4.89. The number of allylic oxidation sites excluding steroid dienone is 3. The fourth-order valence-electron chi connectivity index (χ4n) is 5.97. The van der Waals surface area contributed by atoms with Crippen molar-refractivity contribution in [1.29, 1.82) is 0 Å². The SMILES string of the molecule is C1=CCNC(c2ccc3c(ccc4c5ccc(C6=CCN=C6)cc5n(-c5ccc6ccccc6c5)c34)c2)=C1. The van der Waals surface area contributed by atoms with Gasteiger partial charge in [-0.1, -0.05) is 85.0 Å². The van der Waals surface area contributed by atoms with Gasteiger partial charge in [0, 0.05) is 40.3 Å². The van der Waals surface area contributed by atoms with Crippen LogP contribution in [-0.4, -0.2) is 23.9 Å². The molecule has 0 spiro atoms. The van der Waals surface area contributed by atoms with Crippen molar-refractivity contribution in [2.45, 2.75) is 0 Å². The van der Waals surface area contributed by atoms with Gasteiger partial charge in [-0.15, -0.1) is 0 Å². The van der Waals surface area contributed by atoms with Crippen LogP contribution in [-0.2, 0) is 0 Å². The first-order valence-electron chi connectivity index (χ1n) is 13.2. The van der Waals surface area contributed by atoms with Gasteiger partial charge in [0.2, 0.25) is 0 Å². The van der Waals surface area contributed by atoms with E-state index in [-0.39, 0.29) is 0 Å². The third kappa shape index (κ3) is 3.25. The predicted molar refractivity (Wildman–Crippen MR) is 162 cm³/mol. The summed E-state index contributed by atoms with van der Waals surface area (Å²) < 4.78 is 2.45. The van der Waals surface area contributed by atoms with Gasteiger partial charge in [-0.05, 0) is 63.2 Å². The lowest BCUT2D eigenvalue weighted by Crippen LogP contribution is -2.14. The maximum atomic E-state index is 4.43. The van der Waals surface area contributed by atoms with E-state index in [0.717, 1.165) is 13.1 Å². The molecular weight excluding hydrogens is 462 g/mol. The van der Waals surface area contributed by atoms with Gasteiger partial charge < -0.3 is 9.88 Å². The molecule has 0 atom stereocenters. The highest BCUT2D eigenvalue weighted by Gasteiger charge is 2.17. The van der Waals surface area contributed by atoms with Crippen LogP contribution in [0.15, 0.2) is 120 Å². The van der Waals surface area contributed by atoms with E-state index in [2.05, 4.69) is 130 Å². The maximum Gasteiger partial charge on any atom is 0.0619 e. The minimum absolute atomic E-state index is 0.759. The number of fused-ring (bicyclic) bond motifs is 6. The van der Waals surface area contributed by atoms with E-state index in [1.54, 1.807) is 0 Å². The summed E-state index contributed by atoms with van der Waals surface area (Å²) in [6, 6.07) is 33.6. The Kier molecular flexibility index (Phi) is 4.65. The number of nitrogens with zero attached hydrogens (tertiary/aromatic N) is 2. The van der Waals surface area contributed by atoms with Crippen molar-refractivity contribution in [3.63, 3.8) is 0 Å². The van der Waals surface area contributed by atoms with Crippen LogP contribution in [0.4, 0.5) is 0 Å². The molecule has 0 radical (unpaired) electrons. The molecule has 3 heterocycles. The van der Waals surface area contributed by atoms with Crippen molar-refractivity contribution in [3.05, 3.63) is 126 Å². The first-order valence-corrected chi connectivity index (χ1v) is 13.2. The first-order chi connectivity index (χ1) is 18.8. The molecule has 8 rings (SSSR count). The highest BCUT2D eigenvalue weighted by atomic mass is 15.0. The summed E-state index contributed by atoms with van der Waals surface area (Å²) in [5.41, 5.74) is 8.42. The molecular formula is C35H25N3. The number of hydrogen-bond donors (Lipinski definition) is 1. The molecule has 2 aliphatic rings. The van der Waals surface area contributed by atoms with E-state index < -0.39 is 0 Å². The van der Waals surface area contributed by atoms with Gasteiger partial charge in [0.1, 0.15) is 0 Å². The Labute approximate surface area is 220 Å². The molecule has 0 unspecified atom stereocenters. The lowest BCUT2D eigenvalue weighted by Gasteiger charge is -2.14. The van der Waals surface area contributed by atoms with Crippen molar-refractivity contribution >= 4 is 60.8 Å². The molecule has 0 aliphatic carbocycles. The number of dihydropyridines is 1. The van der Waals surface area contributed by atoms with Gasteiger partial charge in [-0.2, -0.15) is 0 Å². The van der Waals surface area contributed by atoms with Crippen LogP contribution in [0, 0.1) is 0 Å². The van der Waals surface area contributed by atoms with Crippen LogP contribution in [0.2, 0.25) is 0 Å². The fraction of sp³-hybridized carbons (Fsp3) is 0.0571. The average molecular weight is 488 g/mol. The second-order valence-electron chi connectivity index (χ2n) is 10.0. The van der Waals surface area contributed by atoms with Crippen molar-refractivity contribution in [3.8, 4) is 5.69 Å². The topological polar surface area (TPSA) is 29.3 Å². The number of aliphatic imine (C=N–C) groups is 1. The second-order valence-corrected chi connectivity index (χ2v) is 10.0. The number of hydrogen-bond acceptors (Lipinski definition) is 2. The molecule has 0 saturated heterocycles. The molecule has 0 saturated carbocycles. The zero-order valence-electron chi connectivity index (χ0n) is 20.9. The summed E-state index contributed by atoms with van der Waals surface area (Å²) in [5.74, 6) is 0. The highest BCUT2D eigenvalue weighted by Crippen LogP contribution is 2.39. The van der Waals surface area contributed by atoms with E-state index >= 15 is 0 Å². The largest absolute Gasteiger partial charge is 0.381 e. The Morgan fingerprint density at radius 3 is 2.42 bits per heavy atom. The van der Waals surface area contributed by atoms with Crippen LogP contribution in [0.5, 0.6) is 0 Å². The summed E-state index contributed by atoms with van der Waals surface area (Å²) in [5, 5.41) is 11.0. The third-order valence-corrected chi connectivity index (χ3v) is 7.84. The monoisotopic (exact) mass is 487 g/mol. The summed E-state index contributed by atoms with van der Waals surface area (Å²) in [6.45, 7) is 1.62. The standard InChI is InChI=1S/C35H25N3/c1-2-6-24-20-29(12-8-23(24)5-1)38-34-21-25(28-16-18-36-22-28)9-14-31(34)32-15-10-26-19-27(11-13-30(26)35(32)38)33-7-3-4-17-37-33/h1-16,19-22,37H,17-18H2. The number of aromatic nitrogens is 1. The summed E-state index contributed by atoms with van der Waals surface area (Å²) >= 11 is 0. The van der Waals surface area contributed by atoms with Crippen LogP contribution >= 0.6 is 0 Å². The van der Waals surface area contributed by atoms with Gasteiger partial charge in [0.05, 0.1) is 17.6 Å². The first kappa shape index (κ1) is 21.2. The van der Waals surface area contributed by atoms with Gasteiger partial charge in [0.15, 0.2) is 0 Å². The van der Waals surface area contributed by atoms with Gasteiger partial charge in [0.25, 0.3) is 0 Å². The van der Waals surface area contributed by atoms with Crippen LogP contribution < -0.4 is 5.32 Å². The van der Waals surface area contributed by atoms with E-state index in [9.17, 15) is 0 Å². The Balaban J connectivity index is 1.45. The molecule has 2 aliphatic heterocycles. The molecule has 1 N–H and O–H groups in total. The smallest absolute Gasteiger partial charge is 0.0619 e. The maximum absolute atomic E-state index is 4.43. The van der Waals surface area contributed by atoms with Crippen LogP contribution in [0.25, 0.3) is 60.3 Å². The zero-order chi connectivity index (χ0) is 25.1. The summed E-state index contributed by atoms with van der Waals surface area (Å²) in [6.07, 6.45) is 10.6. The van der Waals surface area contributed by atoms with E-state index in [1.807, 2.05) is 6.21 Å². The normalized spacial score (nSPS) is 14.9. The number of rotatable bonds is 3. The van der Waals surface area contributed by atoms with E-state index in [4.69, 9.17) is 0 Å². The zero-order valence-corrected chi connectivity index (χ0v) is 20.9. The molecule has 0 amide bonds. The van der Waals surface area contributed by atoms with Gasteiger partial charge in [-0.3, -0.25) is 4.99 Å². The molecule has 5 aromatic carbocycles. The Morgan fingerprint density at radius 1 is 0.711 bits per heavy atom. The minimum Gasteiger partial charge on any atom is -0.381 e. The average Bonchev–Trinajstić information content (AvgIpc) is 3.64. The Bertz CT molecular complexity index is 2050. The van der Waals surface area contributed by atoms with Crippen molar-refractivity contribution in [1.82, 2.24) is 9.88 Å². The minimum atomic E-state index is 0.759. The van der Waals surface area contributed by atoms with Gasteiger partial charge in [-0.25, -0.2) is 0 Å². The fourth-order valence-corrected chi connectivity index (χ4v) is 5.97. The molecule has 1 aromatic heterocycles. The van der Waals surface area contributed by atoms with Crippen LogP contribution in [0.3, 0.4) is 0 Å². The highest BCUT2D eigenvalue weighted by molar-refractivity contribution is 6.20. The lowest BCUT2D eigenvalue weighted by atomic mass is 10.0. The van der Waals surface area contributed by atoms with E-state index in [0.29, 0.717) is 0 Å². The van der Waals surface area contributed by atoms with Crippen molar-refractivity contribution in [2.75, 3.05) is 13.1 Å². The molecule has 180 valence electrons. The second kappa shape index (κ2) is 8.32. The number of nitrogens with one attached hydrogen (secondary N) is 1. The molecule has 6 aromatic rings. The van der Waals surface area contributed by atoms with E-state index in [1.165, 1.54) is 71.4 Å². The molecule has 0 fully saturated rings. The molecule has 3 heteroatoms. The number of benzene rings is 5. The third-order valence-electron chi connectivity index (χ3n) is 7.84. The quantitative estimate of drug-likeness (QED) is 0.269. The predicted octanol–water partition coefficient (Wildman–Crippen LogP) is 8.06. The van der Waals surface area contributed by atoms with Crippen molar-refractivity contribution in [2.24, 2.45) is 4.99 Å². The van der Waals surface area contributed by atoms with Crippen LogP contribution in [0.1, 0.15) is 11.1 Å². The van der Waals surface area contributed by atoms with Crippen molar-refractivity contribution < 1.29 is 0 Å². The Morgan fingerprint density at radius 2 is 1.55 bits per heavy atom.